The van der Waals surface area contributed by atoms with Crippen molar-refractivity contribution < 1.29 is 8.42 Å². The van der Waals surface area contributed by atoms with Crippen LogP contribution in [0.1, 0.15) is 24.8 Å². The van der Waals surface area contributed by atoms with Crippen LogP contribution in [0.25, 0.3) is 0 Å². The number of aryl methyl sites for hydroxylation is 1. The SMILES string of the molecule is Cc1ccc(Br)cc1S(=O)(=O)N1CC2CCCC2C1. The second-order valence-corrected chi connectivity index (χ2v) is 8.50. The number of halogens is 1. The van der Waals surface area contributed by atoms with Crippen molar-refractivity contribution in [2.75, 3.05) is 13.1 Å². The van der Waals surface area contributed by atoms with Gasteiger partial charge >= 0.3 is 0 Å². The molecule has 0 N–H and O–H groups in total. The van der Waals surface area contributed by atoms with Crippen molar-refractivity contribution in [2.24, 2.45) is 11.8 Å². The fourth-order valence-electron chi connectivity index (χ4n) is 3.38. The quantitative estimate of drug-likeness (QED) is 0.826. The third-order valence-corrected chi connectivity index (χ3v) is 6.93. The number of fused-ring (bicyclic) bond motifs is 1. The predicted octanol–water partition coefficient (Wildman–Crippen LogP) is 3.18. The minimum absolute atomic E-state index is 0.446. The number of nitrogens with zero attached hydrogens (tertiary/aromatic N) is 1. The molecule has 1 saturated carbocycles. The van der Waals surface area contributed by atoms with Crippen LogP contribution in [0.2, 0.25) is 0 Å². The van der Waals surface area contributed by atoms with Gasteiger partial charge in [-0.05, 0) is 49.3 Å². The lowest BCUT2D eigenvalue weighted by atomic mass is 10.0. The Morgan fingerprint density at radius 1 is 1.21 bits per heavy atom. The smallest absolute Gasteiger partial charge is 0.207 e. The summed E-state index contributed by atoms with van der Waals surface area (Å²) in [5, 5.41) is 0. The first kappa shape index (κ1) is 13.6. The summed E-state index contributed by atoms with van der Waals surface area (Å²) in [4.78, 5) is 0.446. The Hall–Kier alpha value is -0.390. The average molecular weight is 344 g/mol. The van der Waals surface area contributed by atoms with Crippen LogP contribution < -0.4 is 0 Å². The Balaban J connectivity index is 1.93. The molecule has 3 nitrogen and oxygen atoms in total. The van der Waals surface area contributed by atoms with Crippen LogP contribution in [0.4, 0.5) is 0 Å². The molecule has 2 fully saturated rings. The lowest BCUT2D eigenvalue weighted by Gasteiger charge is -2.18. The van der Waals surface area contributed by atoms with Gasteiger partial charge in [0.05, 0.1) is 4.90 Å². The zero-order valence-electron chi connectivity index (χ0n) is 11.0. The fraction of sp³-hybridized carbons (Fsp3) is 0.571. The predicted molar refractivity (Wildman–Crippen MR) is 78.5 cm³/mol. The molecule has 104 valence electrons. The molecule has 1 aromatic rings. The third kappa shape index (κ3) is 2.36. The zero-order chi connectivity index (χ0) is 13.6. The van der Waals surface area contributed by atoms with Crippen LogP contribution in [0.3, 0.4) is 0 Å². The second kappa shape index (κ2) is 4.86. The van der Waals surface area contributed by atoms with E-state index in [2.05, 4.69) is 15.9 Å². The first-order valence-electron chi connectivity index (χ1n) is 6.75. The highest BCUT2D eigenvalue weighted by molar-refractivity contribution is 9.10. The number of rotatable bonds is 2. The molecule has 0 spiro atoms. The van der Waals surface area contributed by atoms with Gasteiger partial charge in [0, 0.05) is 17.6 Å². The van der Waals surface area contributed by atoms with E-state index in [0.29, 0.717) is 29.8 Å². The van der Waals surface area contributed by atoms with Crippen LogP contribution in [0, 0.1) is 18.8 Å². The Bertz CT molecular complexity index is 587. The summed E-state index contributed by atoms with van der Waals surface area (Å²) in [6.07, 6.45) is 3.64. The minimum Gasteiger partial charge on any atom is -0.207 e. The maximum atomic E-state index is 12.7. The Labute approximate surface area is 123 Å². The van der Waals surface area contributed by atoms with Crippen molar-refractivity contribution in [3.8, 4) is 0 Å². The standard InChI is InChI=1S/C14H18BrNO2S/c1-10-5-6-13(15)7-14(10)19(17,18)16-8-11-3-2-4-12(11)9-16/h5-7,11-12H,2-4,8-9H2,1H3. The maximum Gasteiger partial charge on any atom is 0.243 e. The largest absolute Gasteiger partial charge is 0.243 e. The monoisotopic (exact) mass is 343 g/mol. The van der Waals surface area contributed by atoms with Crippen molar-refractivity contribution in [3.05, 3.63) is 28.2 Å². The summed E-state index contributed by atoms with van der Waals surface area (Å²) < 4.78 is 28.0. The molecule has 0 bridgehead atoms. The third-order valence-electron chi connectivity index (χ3n) is 4.46. The number of benzene rings is 1. The van der Waals surface area contributed by atoms with Crippen molar-refractivity contribution in [1.82, 2.24) is 4.31 Å². The molecular formula is C14H18BrNO2S. The molecule has 1 aliphatic carbocycles. The summed E-state index contributed by atoms with van der Waals surface area (Å²) in [5.74, 6) is 1.17. The van der Waals surface area contributed by atoms with E-state index in [0.717, 1.165) is 10.0 Å². The molecule has 1 aromatic carbocycles. The summed E-state index contributed by atoms with van der Waals surface area (Å²) in [7, 11) is -3.33. The van der Waals surface area contributed by atoms with Gasteiger partial charge in [0.15, 0.2) is 0 Å². The molecule has 1 aliphatic heterocycles. The van der Waals surface area contributed by atoms with E-state index >= 15 is 0 Å². The number of sulfonamides is 1. The second-order valence-electron chi connectivity index (χ2n) is 5.68. The molecule has 1 saturated heterocycles. The summed E-state index contributed by atoms with van der Waals surface area (Å²) in [5.41, 5.74) is 0.820. The molecule has 5 heteroatoms. The highest BCUT2D eigenvalue weighted by Crippen LogP contribution is 2.40. The maximum absolute atomic E-state index is 12.7. The normalized spacial score (nSPS) is 27.7. The topological polar surface area (TPSA) is 37.4 Å². The Morgan fingerprint density at radius 3 is 2.47 bits per heavy atom. The van der Waals surface area contributed by atoms with E-state index in [1.807, 2.05) is 19.1 Å². The average Bonchev–Trinajstić information content (AvgIpc) is 2.92. The lowest BCUT2D eigenvalue weighted by Crippen LogP contribution is -2.30. The van der Waals surface area contributed by atoms with Gasteiger partial charge in [0.25, 0.3) is 0 Å². The minimum atomic E-state index is -3.33. The van der Waals surface area contributed by atoms with Gasteiger partial charge in [-0.2, -0.15) is 4.31 Å². The van der Waals surface area contributed by atoms with Gasteiger partial charge in [-0.25, -0.2) is 8.42 Å². The van der Waals surface area contributed by atoms with Crippen molar-refractivity contribution in [1.29, 1.82) is 0 Å². The van der Waals surface area contributed by atoms with Gasteiger partial charge in [-0.3, -0.25) is 0 Å². The van der Waals surface area contributed by atoms with Crippen LogP contribution in [0.5, 0.6) is 0 Å². The molecule has 2 aliphatic rings. The summed E-state index contributed by atoms with van der Waals surface area (Å²) in [6, 6.07) is 5.46. The van der Waals surface area contributed by atoms with Crippen LogP contribution in [0.15, 0.2) is 27.6 Å². The summed E-state index contributed by atoms with van der Waals surface area (Å²) >= 11 is 3.36. The molecule has 3 rings (SSSR count). The van der Waals surface area contributed by atoms with Crippen molar-refractivity contribution in [3.63, 3.8) is 0 Å². The van der Waals surface area contributed by atoms with Gasteiger partial charge < -0.3 is 0 Å². The van der Waals surface area contributed by atoms with Gasteiger partial charge in [-0.1, -0.05) is 28.4 Å². The fourth-order valence-corrected chi connectivity index (χ4v) is 5.70. The molecule has 19 heavy (non-hydrogen) atoms. The molecule has 2 atom stereocenters. The van der Waals surface area contributed by atoms with E-state index in [1.54, 1.807) is 10.4 Å². The Kier molecular flexibility index (Phi) is 3.48. The zero-order valence-corrected chi connectivity index (χ0v) is 13.4. The number of hydrogen-bond donors (Lipinski definition) is 0. The van der Waals surface area contributed by atoms with Gasteiger partial charge in [0.2, 0.25) is 10.0 Å². The van der Waals surface area contributed by atoms with Crippen LogP contribution in [-0.4, -0.2) is 25.8 Å². The van der Waals surface area contributed by atoms with Crippen molar-refractivity contribution >= 4 is 26.0 Å². The van der Waals surface area contributed by atoms with E-state index in [4.69, 9.17) is 0 Å². The van der Waals surface area contributed by atoms with Crippen LogP contribution >= 0.6 is 15.9 Å². The van der Waals surface area contributed by atoms with Gasteiger partial charge in [0.1, 0.15) is 0 Å². The highest BCUT2D eigenvalue weighted by Gasteiger charge is 2.41. The van der Waals surface area contributed by atoms with Crippen LogP contribution in [-0.2, 0) is 10.0 Å². The van der Waals surface area contributed by atoms with E-state index in [9.17, 15) is 8.42 Å². The summed E-state index contributed by atoms with van der Waals surface area (Å²) in [6.45, 7) is 3.27. The highest BCUT2D eigenvalue weighted by atomic mass is 79.9. The molecule has 1 heterocycles. The lowest BCUT2D eigenvalue weighted by molar-refractivity contribution is 0.445. The van der Waals surface area contributed by atoms with Gasteiger partial charge in [-0.15, -0.1) is 0 Å². The molecular weight excluding hydrogens is 326 g/mol. The first-order chi connectivity index (χ1) is 8.98. The molecule has 0 radical (unpaired) electrons. The van der Waals surface area contributed by atoms with Crippen molar-refractivity contribution in [2.45, 2.75) is 31.1 Å². The molecule has 0 amide bonds. The molecule has 2 unspecified atom stereocenters. The van der Waals surface area contributed by atoms with E-state index in [-0.39, 0.29) is 0 Å². The van der Waals surface area contributed by atoms with E-state index in [1.165, 1.54) is 19.3 Å². The first-order valence-corrected chi connectivity index (χ1v) is 8.98. The molecule has 0 aromatic heterocycles. The van der Waals surface area contributed by atoms with E-state index < -0.39 is 10.0 Å². The number of hydrogen-bond acceptors (Lipinski definition) is 2. The Morgan fingerprint density at radius 2 is 1.84 bits per heavy atom.